The first-order valence-corrected chi connectivity index (χ1v) is 6.98. The predicted molar refractivity (Wildman–Crippen MR) is 79.1 cm³/mol. The highest BCUT2D eigenvalue weighted by molar-refractivity contribution is 5.90. The summed E-state index contributed by atoms with van der Waals surface area (Å²) in [7, 11) is 1.65. The van der Waals surface area contributed by atoms with Gasteiger partial charge in [-0.25, -0.2) is 4.79 Å². The van der Waals surface area contributed by atoms with Gasteiger partial charge in [0.1, 0.15) is 17.9 Å². The molecule has 0 saturated heterocycles. The number of aromatic carboxylic acids is 1. The average Bonchev–Trinajstić information content (AvgIpc) is 2.49. The summed E-state index contributed by atoms with van der Waals surface area (Å²) in [6, 6.07) is 6.63. The monoisotopic (exact) mass is 297 g/mol. The minimum atomic E-state index is -0.980. The van der Waals surface area contributed by atoms with Crippen molar-refractivity contribution in [2.45, 2.75) is 6.42 Å². The van der Waals surface area contributed by atoms with Gasteiger partial charge >= 0.3 is 5.97 Å². The third kappa shape index (κ3) is 7.65. The Morgan fingerprint density at radius 2 is 1.95 bits per heavy atom. The van der Waals surface area contributed by atoms with Crippen molar-refractivity contribution in [3.63, 3.8) is 0 Å². The van der Waals surface area contributed by atoms with Crippen LogP contribution in [0.15, 0.2) is 24.3 Å². The number of para-hydroxylation sites is 1. The summed E-state index contributed by atoms with van der Waals surface area (Å²) in [6.07, 6.45) is 0.912. The molecule has 0 amide bonds. The molecule has 0 spiro atoms. The lowest BCUT2D eigenvalue weighted by Gasteiger charge is -2.09. The maximum atomic E-state index is 11.0. The van der Waals surface area contributed by atoms with Crippen LogP contribution in [-0.4, -0.2) is 57.7 Å². The van der Waals surface area contributed by atoms with Crippen molar-refractivity contribution in [3.05, 3.63) is 29.8 Å². The molecule has 0 radical (unpaired) electrons. The van der Waals surface area contributed by atoms with Crippen LogP contribution in [0.2, 0.25) is 0 Å². The highest BCUT2D eigenvalue weighted by Crippen LogP contribution is 2.17. The summed E-state index contributed by atoms with van der Waals surface area (Å²) in [5.41, 5.74) is 0.184. The van der Waals surface area contributed by atoms with Crippen LogP contribution in [0.1, 0.15) is 16.8 Å². The van der Waals surface area contributed by atoms with Gasteiger partial charge in [0, 0.05) is 20.3 Å². The Labute approximate surface area is 125 Å². The van der Waals surface area contributed by atoms with Gasteiger partial charge in [-0.1, -0.05) is 12.1 Å². The fourth-order valence-corrected chi connectivity index (χ4v) is 1.67. The molecule has 0 aliphatic carbocycles. The lowest BCUT2D eigenvalue weighted by atomic mass is 10.2. The fraction of sp³-hybridized carbons (Fsp3) is 0.533. The smallest absolute Gasteiger partial charge is 0.339 e. The van der Waals surface area contributed by atoms with E-state index in [-0.39, 0.29) is 5.56 Å². The molecule has 0 atom stereocenters. The van der Waals surface area contributed by atoms with Crippen LogP contribution in [0, 0.1) is 0 Å². The van der Waals surface area contributed by atoms with Crippen LogP contribution in [-0.2, 0) is 9.47 Å². The molecule has 1 aromatic carbocycles. The number of hydrogen-bond acceptors (Lipinski definition) is 5. The van der Waals surface area contributed by atoms with E-state index in [1.165, 1.54) is 6.07 Å². The average molecular weight is 297 g/mol. The van der Waals surface area contributed by atoms with Gasteiger partial charge < -0.3 is 24.6 Å². The SMILES string of the molecule is COCCOCCCNCCOc1ccccc1C(=O)O. The van der Waals surface area contributed by atoms with Gasteiger partial charge in [-0.05, 0) is 25.1 Å². The molecule has 21 heavy (non-hydrogen) atoms. The van der Waals surface area contributed by atoms with E-state index < -0.39 is 5.97 Å². The molecule has 6 heteroatoms. The van der Waals surface area contributed by atoms with E-state index in [0.717, 1.165) is 13.0 Å². The van der Waals surface area contributed by atoms with Crippen molar-refractivity contribution in [1.82, 2.24) is 5.32 Å². The molecule has 0 aliphatic rings. The molecule has 0 heterocycles. The maximum absolute atomic E-state index is 11.0. The number of methoxy groups -OCH3 is 1. The molecule has 6 nitrogen and oxygen atoms in total. The Kier molecular flexibility index (Phi) is 9.19. The van der Waals surface area contributed by atoms with Crippen molar-refractivity contribution in [2.75, 3.05) is 46.6 Å². The van der Waals surface area contributed by atoms with Gasteiger partial charge in [-0.15, -0.1) is 0 Å². The second-order valence-electron chi connectivity index (χ2n) is 4.36. The molecular formula is C15H23NO5. The van der Waals surface area contributed by atoms with Gasteiger partial charge in [0.15, 0.2) is 0 Å². The van der Waals surface area contributed by atoms with E-state index in [2.05, 4.69) is 5.32 Å². The van der Waals surface area contributed by atoms with Gasteiger partial charge in [0.05, 0.1) is 13.2 Å². The van der Waals surface area contributed by atoms with Crippen molar-refractivity contribution >= 4 is 5.97 Å². The number of nitrogens with one attached hydrogen (secondary N) is 1. The van der Waals surface area contributed by atoms with E-state index in [9.17, 15) is 4.79 Å². The summed E-state index contributed by atoms with van der Waals surface area (Å²) in [5.74, 6) is -0.582. The minimum absolute atomic E-state index is 0.184. The summed E-state index contributed by atoms with van der Waals surface area (Å²) >= 11 is 0. The van der Waals surface area contributed by atoms with Gasteiger partial charge in [0.2, 0.25) is 0 Å². The Morgan fingerprint density at radius 3 is 2.71 bits per heavy atom. The first kappa shape index (κ1) is 17.4. The van der Waals surface area contributed by atoms with E-state index in [1.807, 2.05) is 0 Å². The van der Waals surface area contributed by atoms with E-state index in [0.29, 0.717) is 38.7 Å². The fourth-order valence-electron chi connectivity index (χ4n) is 1.67. The summed E-state index contributed by atoms with van der Waals surface area (Å²) in [4.78, 5) is 11.0. The molecule has 118 valence electrons. The van der Waals surface area contributed by atoms with Crippen LogP contribution >= 0.6 is 0 Å². The molecule has 0 unspecified atom stereocenters. The first-order chi connectivity index (χ1) is 10.3. The minimum Gasteiger partial charge on any atom is -0.491 e. The predicted octanol–water partition coefficient (Wildman–Crippen LogP) is 1.41. The summed E-state index contributed by atoms with van der Waals surface area (Å²) in [6.45, 7) is 3.84. The van der Waals surface area contributed by atoms with Gasteiger partial charge in [-0.2, -0.15) is 0 Å². The van der Waals surface area contributed by atoms with E-state index in [1.54, 1.807) is 25.3 Å². The van der Waals surface area contributed by atoms with Crippen molar-refractivity contribution < 1.29 is 24.1 Å². The molecule has 0 fully saturated rings. The highest BCUT2D eigenvalue weighted by atomic mass is 16.5. The topological polar surface area (TPSA) is 77.0 Å². The number of carboxylic acid groups (broad SMARTS) is 1. The first-order valence-electron chi connectivity index (χ1n) is 6.98. The van der Waals surface area contributed by atoms with Crippen molar-refractivity contribution in [1.29, 1.82) is 0 Å². The maximum Gasteiger partial charge on any atom is 0.339 e. The van der Waals surface area contributed by atoms with Crippen molar-refractivity contribution in [2.24, 2.45) is 0 Å². The zero-order chi connectivity index (χ0) is 15.3. The van der Waals surface area contributed by atoms with Crippen LogP contribution < -0.4 is 10.1 Å². The standard InChI is InChI=1S/C15H23NO5/c1-19-11-12-20-9-4-7-16-8-10-21-14-6-3-2-5-13(14)15(17)18/h2-3,5-6,16H,4,7-12H2,1H3,(H,17,18). The number of ether oxygens (including phenoxy) is 3. The molecule has 1 rings (SSSR count). The molecule has 0 bridgehead atoms. The van der Waals surface area contributed by atoms with Crippen LogP contribution in [0.5, 0.6) is 5.75 Å². The zero-order valence-electron chi connectivity index (χ0n) is 12.3. The van der Waals surface area contributed by atoms with Gasteiger partial charge in [-0.3, -0.25) is 0 Å². The molecule has 0 saturated carbocycles. The third-order valence-corrected chi connectivity index (χ3v) is 2.73. The number of hydrogen-bond donors (Lipinski definition) is 2. The molecular weight excluding hydrogens is 274 g/mol. The van der Waals surface area contributed by atoms with Crippen molar-refractivity contribution in [3.8, 4) is 5.75 Å². The third-order valence-electron chi connectivity index (χ3n) is 2.73. The molecule has 2 N–H and O–H groups in total. The highest BCUT2D eigenvalue weighted by Gasteiger charge is 2.09. The number of carbonyl (C=O) groups is 1. The second kappa shape index (κ2) is 11.1. The van der Waals surface area contributed by atoms with Crippen LogP contribution in [0.3, 0.4) is 0 Å². The Balaban J connectivity index is 2.06. The summed E-state index contributed by atoms with van der Waals surface area (Å²) < 4.78 is 15.7. The Bertz CT molecular complexity index is 411. The largest absolute Gasteiger partial charge is 0.491 e. The van der Waals surface area contributed by atoms with Crippen LogP contribution in [0.25, 0.3) is 0 Å². The van der Waals surface area contributed by atoms with Crippen LogP contribution in [0.4, 0.5) is 0 Å². The quantitative estimate of drug-likeness (QED) is 0.568. The zero-order valence-corrected chi connectivity index (χ0v) is 12.3. The number of benzene rings is 1. The lowest BCUT2D eigenvalue weighted by molar-refractivity contribution is 0.0689. The summed E-state index contributed by atoms with van der Waals surface area (Å²) in [5, 5.41) is 12.2. The Hall–Kier alpha value is -1.63. The van der Waals surface area contributed by atoms with Gasteiger partial charge in [0.25, 0.3) is 0 Å². The Morgan fingerprint density at radius 1 is 1.14 bits per heavy atom. The second-order valence-corrected chi connectivity index (χ2v) is 4.36. The normalized spacial score (nSPS) is 10.5. The molecule has 0 aliphatic heterocycles. The molecule has 1 aromatic rings. The lowest BCUT2D eigenvalue weighted by Crippen LogP contribution is -2.23. The molecule has 0 aromatic heterocycles. The number of rotatable bonds is 12. The number of carboxylic acids is 1. The van der Waals surface area contributed by atoms with E-state index in [4.69, 9.17) is 19.3 Å². The van der Waals surface area contributed by atoms with E-state index >= 15 is 0 Å².